The third-order valence-electron chi connectivity index (χ3n) is 3.34. The van der Waals surface area contributed by atoms with Crippen molar-refractivity contribution in [3.8, 4) is 11.1 Å². The molecule has 0 amide bonds. The topological polar surface area (TPSA) is 17.8 Å². The minimum Gasteiger partial charge on any atom is -0.346 e. The van der Waals surface area contributed by atoms with Crippen LogP contribution in [-0.2, 0) is 6.54 Å². The average Bonchev–Trinajstić information content (AvgIpc) is 2.79. The standard InChI is InChI=1S/C16H16N2/c1-3-18-11-14(13-8-6-12(2)7-9-13)16-15(18)5-4-10-17-16/h4-11H,3H2,1-2H3. The molecule has 18 heavy (non-hydrogen) atoms. The normalized spacial score (nSPS) is 11.0. The summed E-state index contributed by atoms with van der Waals surface area (Å²) in [6.07, 6.45) is 4.06. The van der Waals surface area contributed by atoms with Crippen molar-refractivity contribution in [1.29, 1.82) is 0 Å². The van der Waals surface area contributed by atoms with Gasteiger partial charge in [-0.15, -0.1) is 0 Å². The van der Waals surface area contributed by atoms with Crippen molar-refractivity contribution in [2.75, 3.05) is 0 Å². The fourth-order valence-corrected chi connectivity index (χ4v) is 2.33. The van der Waals surface area contributed by atoms with E-state index in [1.165, 1.54) is 22.2 Å². The Morgan fingerprint density at radius 2 is 1.89 bits per heavy atom. The molecule has 0 saturated carbocycles. The smallest absolute Gasteiger partial charge is 0.0959 e. The van der Waals surface area contributed by atoms with Crippen LogP contribution < -0.4 is 0 Å². The Balaban J connectivity index is 2.26. The quantitative estimate of drug-likeness (QED) is 0.656. The minimum absolute atomic E-state index is 0.966. The summed E-state index contributed by atoms with van der Waals surface area (Å²) in [6.45, 7) is 5.23. The molecular formula is C16H16N2. The predicted molar refractivity (Wildman–Crippen MR) is 75.6 cm³/mol. The summed E-state index contributed by atoms with van der Waals surface area (Å²) in [5.41, 5.74) is 6.02. The lowest BCUT2D eigenvalue weighted by Crippen LogP contribution is -1.90. The van der Waals surface area contributed by atoms with Crippen molar-refractivity contribution in [3.63, 3.8) is 0 Å². The first-order valence-corrected chi connectivity index (χ1v) is 6.30. The maximum Gasteiger partial charge on any atom is 0.0959 e. The first-order valence-electron chi connectivity index (χ1n) is 6.30. The molecule has 2 heteroatoms. The Morgan fingerprint density at radius 3 is 2.61 bits per heavy atom. The lowest BCUT2D eigenvalue weighted by Gasteiger charge is -1.99. The van der Waals surface area contributed by atoms with Crippen LogP contribution in [0.5, 0.6) is 0 Å². The van der Waals surface area contributed by atoms with E-state index in [1.54, 1.807) is 0 Å². The number of aryl methyl sites for hydroxylation is 2. The first kappa shape index (κ1) is 11.0. The Bertz CT molecular complexity index is 678. The van der Waals surface area contributed by atoms with Gasteiger partial charge in [0, 0.05) is 24.5 Å². The van der Waals surface area contributed by atoms with E-state index in [0.717, 1.165) is 12.1 Å². The molecular weight excluding hydrogens is 220 g/mol. The third-order valence-corrected chi connectivity index (χ3v) is 3.34. The molecule has 1 aromatic carbocycles. The highest BCUT2D eigenvalue weighted by Crippen LogP contribution is 2.29. The van der Waals surface area contributed by atoms with Gasteiger partial charge in [0.1, 0.15) is 0 Å². The van der Waals surface area contributed by atoms with Gasteiger partial charge in [-0.1, -0.05) is 29.8 Å². The van der Waals surface area contributed by atoms with Gasteiger partial charge in [-0.3, -0.25) is 4.98 Å². The molecule has 0 spiro atoms. The Hall–Kier alpha value is -2.09. The van der Waals surface area contributed by atoms with Gasteiger partial charge in [-0.05, 0) is 31.5 Å². The molecule has 0 saturated heterocycles. The largest absolute Gasteiger partial charge is 0.346 e. The maximum absolute atomic E-state index is 4.53. The van der Waals surface area contributed by atoms with Crippen molar-refractivity contribution < 1.29 is 0 Å². The van der Waals surface area contributed by atoms with Gasteiger partial charge in [-0.2, -0.15) is 0 Å². The molecule has 0 aliphatic carbocycles. The number of benzene rings is 1. The Morgan fingerprint density at radius 1 is 1.11 bits per heavy atom. The minimum atomic E-state index is 0.966. The van der Waals surface area contributed by atoms with E-state index in [0.29, 0.717) is 0 Å². The van der Waals surface area contributed by atoms with Crippen LogP contribution in [0, 0.1) is 6.92 Å². The third kappa shape index (κ3) is 1.70. The Kier molecular flexibility index (Phi) is 2.63. The van der Waals surface area contributed by atoms with E-state index in [2.05, 4.69) is 59.9 Å². The van der Waals surface area contributed by atoms with Crippen LogP contribution in [-0.4, -0.2) is 9.55 Å². The molecule has 3 aromatic rings. The molecule has 0 fully saturated rings. The second-order valence-corrected chi connectivity index (χ2v) is 4.57. The lowest BCUT2D eigenvalue weighted by atomic mass is 10.1. The second-order valence-electron chi connectivity index (χ2n) is 4.57. The number of nitrogens with zero attached hydrogens (tertiary/aromatic N) is 2. The summed E-state index contributed by atoms with van der Waals surface area (Å²) in [5, 5.41) is 0. The van der Waals surface area contributed by atoms with E-state index in [-0.39, 0.29) is 0 Å². The van der Waals surface area contributed by atoms with Crippen LogP contribution in [0.25, 0.3) is 22.2 Å². The van der Waals surface area contributed by atoms with Crippen molar-refractivity contribution in [2.45, 2.75) is 20.4 Å². The molecule has 2 heterocycles. The highest BCUT2D eigenvalue weighted by molar-refractivity contribution is 5.92. The van der Waals surface area contributed by atoms with Gasteiger partial charge in [0.2, 0.25) is 0 Å². The van der Waals surface area contributed by atoms with Gasteiger partial charge in [-0.25, -0.2) is 0 Å². The van der Waals surface area contributed by atoms with Gasteiger partial charge in [0.05, 0.1) is 11.0 Å². The summed E-state index contributed by atoms with van der Waals surface area (Å²) >= 11 is 0. The molecule has 2 nitrogen and oxygen atoms in total. The first-order chi connectivity index (χ1) is 8.79. The van der Waals surface area contributed by atoms with Crippen molar-refractivity contribution in [1.82, 2.24) is 9.55 Å². The van der Waals surface area contributed by atoms with Crippen LogP contribution in [0.1, 0.15) is 12.5 Å². The van der Waals surface area contributed by atoms with Gasteiger partial charge in [0.15, 0.2) is 0 Å². The van der Waals surface area contributed by atoms with E-state index >= 15 is 0 Å². The van der Waals surface area contributed by atoms with E-state index < -0.39 is 0 Å². The van der Waals surface area contributed by atoms with Crippen LogP contribution in [0.4, 0.5) is 0 Å². The molecule has 0 aliphatic rings. The molecule has 3 rings (SSSR count). The zero-order chi connectivity index (χ0) is 12.5. The fraction of sp³-hybridized carbons (Fsp3) is 0.188. The summed E-state index contributed by atoms with van der Waals surface area (Å²) in [4.78, 5) is 4.53. The maximum atomic E-state index is 4.53. The predicted octanol–water partition coefficient (Wildman–Crippen LogP) is 4.03. The zero-order valence-electron chi connectivity index (χ0n) is 10.7. The van der Waals surface area contributed by atoms with Gasteiger partial charge >= 0.3 is 0 Å². The second kappa shape index (κ2) is 4.30. The number of rotatable bonds is 2. The van der Waals surface area contributed by atoms with E-state index in [4.69, 9.17) is 0 Å². The summed E-state index contributed by atoms with van der Waals surface area (Å²) < 4.78 is 2.25. The molecule has 90 valence electrons. The van der Waals surface area contributed by atoms with E-state index in [9.17, 15) is 0 Å². The number of hydrogen-bond donors (Lipinski definition) is 0. The van der Waals surface area contributed by atoms with Crippen molar-refractivity contribution >= 4 is 11.0 Å². The average molecular weight is 236 g/mol. The molecule has 0 N–H and O–H groups in total. The fourth-order valence-electron chi connectivity index (χ4n) is 2.33. The number of pyridine rings is 1. The summed E-state index contributed by atoms with van der Waals surface area (Å²) in [7, 11) is 0. The van der Waals surface area contributed by atoms with Gasteiger partial charge < -0.3 is 4.57 Å². The number of aromatic nitrogens is 2. The molecule has 0 atom stereocenters. The van der Waals surface area contributed by atoms with Crippen molar-refractivity contribution in [3.05, 3.63) is 54.4 Å². The number of hydrogen-bond acceptors (Lipinski definition) is 1. The van der Waals surface area contributed by atoms with Crippen LogP contribution >= 0.6 is 0 Å². The van der Waals surface area contributed by atoms with Gasteiger partial charge in [0.25, 0.3) is 0 Å². The molecule has 0 bridgehead atoms. The lowest BCUT2D eigenvalue weighted by molar-refractivity contribution is 0.798. The van der Waals surface area contributed by atoms with E-state index in [1.807, 2.05) is 12.3 Å². The van der Waals surface area contributed by atoms with Crippen LogP contribution in [0.3, 0.4) is 0 Å². The summed E-state index contributed by atoms with van der Waals surface area (Å²) in [6, 6.07) is 12.7. The van der Waals surface area contributed by atoms with Crippen LogP contribution in [0.2, 0.25) is 0 Å². The monoisotopic (exact) mass is 236 g/mol. The zero-order valence-corrected chi connectivity index (χ0v) is 10.7. The van der Waals surface area contributed by atoms with Crippen LogP contribution in [0.15, 0.2) is 48.8 Å². The highest BCUT2D eigenvalue weighted by atomic mass is 15.0. The number of fused-ring (bicyclic) bond motifs is 1. The molecule has 0 aliphatic heterocycles. The Labute approximate surface area is 107 Å². The summed E-state index contributed by atoms with van der Waals surface area (Å²) in [5.74, 6) is 0. The van der Waals surface area contributed by atoms with Crippen molar-refractivity contribution in [2.24, 2.45) is 0 Å². The highest BCUT2D eigenvalue weighted by Gasteiger charge is 2.09. The molecule has 2 aromatic heterocycles. The molecule has 0 unspecified atom stereocenters. The molecule has 0 radical (unpaired) electrons. The SMILES string of the molecule is CCn1cc(-c2ccc(C)cc2)c2ncccc21.